The molecule has 0 aromatic rings. The average molecular weight is 255 g/mol. The lowest BCUT2D eigenvalue weighted by Gasteiger charge is -2.42. The minimum Gasteiger partial charge on any atom is -0.374 e. The van der Waals surface area contributed by atoms with Crippen LogP contribution >= 0.6 is 11.8 Å². The summed E-state index contributed by atoms with van der Waals surface area (Å²) >= 11 is 2.08. The maximum Gasteiger partial charge on any atom is 0.0783 e. The number of ether oxygens (including phenoxy) is 1. The predicted molar refractivity (Wildman–Crippen MR) is 73.3 cm³/mol. The summed E-state index contributed by atoms with van der Waals surface area (Å²) < 4.78 is 6.12. The van der Waals surface area contributed by atoms with Gasteiger partial charge in [0.15, 0.2) is 0 Å². The van der Waals surface area contributed by atoms with Crippen molar-refractivity contribution in [2.24, 2.45) is 17.6 Å². The fourth-order valence-electron chi connectivity index (χ4n) is 4.03. The number of hydrogen-bond donors (Lipinski definition) is 1. The molecule has 2 nitrogen and oxygen atoms in total. The topological polar surface area (TPSA) is 35.2 Å². The maximum atomic E-state index is 6.14. The molecule has 2 saturated heterocycles. The van der Waals surface area contributed by atoms with Gasteiger partial charge < -0.3 is 10.5 Å². The van der Waals surface area contributed by atoms with Crippen LogP contribution in [0, 0.1) is 11.8 Å². The summed E-state index contributed by atoms with van der Waals surface area (Å²) in [5.74, 6) is 4.33. The van der Waals surface area contributed by atoms with Gasteiger partial charge in [-0.25, -0.2) is 0 Å². The van der Waals surface area contributed by atoms with E-state index in [-0.39, 0.29) is 5.60 Å². The van der Waals surface area contributed by atoms with Crippen LogP contribution in [0.3, 0.4) is 0 Å². The summed E-state index contributed by atoms with van der Waals surface area (Å²) in [5, 5.41) is 0. The molecule has 98 valence electrons. The molecule has 0 aromatic heterocycles. The Morgan fingerprint density at radius 1 is 1.18 bits per heavy atom. The Labute approximate surface area is 109 Å². The Hall–Kier alpha value is 0.270. The van der Waals surface area contributed by atoms with Crippen LogP contribution in [0.15, 0.2) is 0 Å². The van der Waals surface area contributed by atoms with Crippen molar-refractivity contribution in [2.45, 2.75) is 56.6 Å². The van der Waals surface area contributed by atoms with Crippen molar-refractivity contribution in [1.82, 2.24) is 0 Å². The second kappa shape index (κ2) is 5.10. The minimum absolute atomic E-state index is 0.259. The molecule has 1 aliphatic carbocycles. The van der Waals surface area contributed by atoms with Crippen LogP contribution in [-0.4, -0.2) is 29.8 Å². The first-order valence-corrected chi connectivity index (χ1v) is 8.40. The molecular weight excluding hydrogens is 230 g/mol. The van der Waals surface area contributed by atoms with Gasteiger partial charge in [-0.1, -0.05) is 12.8 Å². The molecule has 2 aliphatic heterocycles. The van der Waals surface area contributed by atoms with Crippen LogP contribution in [0.1, 0.15) is 44.9 Å². The largest absolute Gasteiger partial charge is 0.374 e. The van der Waals surface area contributed by atoms with E-state index >= 15 is 0 Å². The van der Waals surface area contributed by atoms with Crippen LogP contribution < -0.4 is 5.73 Å². The van der Waals surface area contributed by atoms with E-state index in [2.05, 4.69) is 11.8 Å². The van der Waals surface area contributed by atoms with Crippen molar-refractivity contribution < 1.29 is 4.74 Å². The Balaban J connectivity index is 1.62. The summed E-state index contributed by atoms with van der Waals surface area (Å²) in [7, 11) is 0. The van der Waals surface area contributed by atoms with Crippen LogP contribution in [0.4, 0.5) is 0 Å². The van der Waals surface area contributed by atoms with Crippen LogP contribution in [0.5, 0.6) is 0 Å². The van der Waals surface area contributed by atoms with Crippen molar-refractivity contribution in [3.8, 4) is 0 Å². The first-order chi connectivity index (χ1) is 8.27. The second-order valence-electron chi connectivity index (χ2n) is 6.27. The van der Waals surface area contributed by atoms with Crippen molar-refractivity contribution >= 4 is 11.8 Å². The molecule has 0 radical (unpaired) electrons. The first kappa shape index (κ1) is 12.3. The van der Waals surface area contributed by atoms with Crippen LogP contribution in [0.2, 0.25) is 0 Å². The quantitative estimate of drug-likeness (QED) is 0.782. The normalized spacial score (nSPS) is 47.5. The van der Waals surface area contributed by atoms with E-state index in [4.69, 9.17) is 10.5 Å². The van der Waals surface area contributed by atoms with E-state index < -0.39 is 0 Å². The van der Waals surface area contributed by atoms with E-state index in [9.17, 15) is 0 Å². The fourth-order valence-corrected chi connectivity index (χ4v) is 5.40. The van der Waals surface area contributed by atoms with Crippen molar-refractivity contribution in [2.75, 3.05) is 18.1 Å². The number of hydrogen-bond acceptors (Lipinski definition) is 3. The molecule has 3 heteroatoms. The molecule has 2 N–H and O–H groups in total. The van der Waals surface area contributed by atoms with Gasteiger partial charge in [-0.15, -0.1) is 0 Å². The average Bonchev–Trinajstić information content (AvgIpc) is 2.77. The highest BCUT2D eigenvalue weighted by Crippen LogP contribution is 2.45. The molecular formula is C14H25NOS. The zero-order valence-electron chi connectivity index (χ0n) is 10.7. The Morgan fingerprint density at radius 2 is 2.12 bits per heavy atom. The van der Waals surface area contributed by atoms with Gasteiger partial charge in [0.25, 0.3) is 0 Å². The molecule has 1 spiro atoms. The van der Waals surface area contributed by atoms with Crippen LogP contribution in [-0.2, 0) is 4.74 Å². The monoisotopic (exact) mass is 255 g/mol. The molecule has 17 heavy (non-hydrogen) atoms. The fraction of sp³-hybridized carbons (Fsp3) is 1.00. The zero-order valence-corrected chi connectivity index (χ0v) is 11.5. The zero-order chi connectivity index (χ0) is 11.7. The summed E-state index contributed by atoms with van der Waals surface area (Å²) in [6.07, 6.45) is 9.18. The van der Waals surface area contributed by atoms with Gasteiger partial charge in [0.05, 0.1) is 5.60 Å². The summed E-state index contributed by atoms with van der Waals surface area (Å²) in [6.45, 7) is 0.997. The highest BCUT2D eigenvalue weighted by Gasteiger charge is 2.42. The minimum atomic E-state index is 0.259. The van der Waals surface area contributed by atoms with Gasteiger partial charge in [0.2, 0.25) is 0 Å². The van der Waals surface area contributed by atoms with Gasteiger partial charge in [-0.05, 0) is 49.7 Å². The molecule has 0 bridgehead atoms. The highest BCUT2D eigenvalue weighted by molar-refractivity contribution is 7.99. The summed E-state index contributed by atoms with van der Waals surface area (Å²) in [5.41, 5.74) is 6.40. The van der Waals surface area contributed by atoms with E-state index in [0.717, 1.165) is 18.4 Å². The molecule has 3 fully saturated rings. The maximum absolute atomic E-state index is 6.14. The lowest BCUT2D eigenvalue weighted by atomic mass is 9.71. The molecule has 3 rings (SSSR count). The second-order valence-corrected chi connectivity index (χ2v) is 7.38. The lowest BCUT2D eigenvalue weighted by molar-refractivity contribution is -0.0920. The van der Waals surface area contributed by atoms with Crippen molar-refractivity contribution in [3.63, 3.8) is 0 Å². The molecule has 0 aromatic carbocycles. The first-order valence-electron chi connectivity index (χ1n) is 7.25. The van der Waals surface area contributed by atoms with Crippen molar-refractivity contribution in [3.05, 3.63) is 0 Å². The third-order valence-corrected chi connectivity index (χ3v) is 6.24. The standard InChI is InChI=1S/C14H25NOS/c15-13-3-1-2-11(8-13)12-4-6-16-14(9-12)5-7-17-10-14/h11-13H,1-10,15H2. The highest BCUT2D eigenvalue weighted by atomic mass is 32.2. The molecule has 2 heterocycles. The van der Waals surface area contributed by atoms with E-state index in [1.54, 1.807) is 0 Å². The van der Waals surface area contributed by atoms with Gasteiger partial charge in [0.1, 0.15) is 0 Å². The molecule has 3 aliphatic rings. The van der Waals surface area contributed by atoms with E-state index in [1.165, 1.54) is 56.5 Å². The summed E-state index contributed by atoms with van der Waals surface area (Å²) in [6, 6.07) is 0.477. The number of nitrogens with two attached hydrogens (primary N) is 1. The molecule has 0 amide bonds. The molecule has 4 unspecified atom stereocenters. The Bertz CT molecular complexity index is 265. The number of rotatable bonds is 1. The van der Waals surface area contributed by atoms with Gasteiger partial charge >= 0.3 is 0 Å². The van der Waals surface area contributed by atoms with E-state index in [0.29, 0.717) is 6.04 Å². The SMILES string of the molecule is NC1CCCC(C2CCOC3(CCSC3)C2)C1. The van der Waals surface area contributed by atoms with Crippen molar-refractivity contribution in [1.29, 1.82) is 0 Å². The van der Waals surface area contributed by atoms with E-state index in [1.807, 2.05) is 0 Å². The number of thioether (sulfide) groups is 1. The molecule has 1 saturated carbocycles. The Morgan fingerprint density at radius 3 is 2.88 bits per heavy atom. The van der Waals surface area contributed by atoms with Gasteiger partial charge in [-0.2, -0.15) is 11.8 Å². The van der Waals surface area contributed by atoms with Crippen LogP contribution in [0.25, 0.3) is 0 Å². The predicted octanol–water partition coefficient (Wildman–Crippen LogP) is 2.81. The Kier molecular flexibility index (Phi) is 3.69. The lowest BCUT2D eigenvalue weighted by Crippen LogP contribution is -2.43. The third-order valence-electron chi connectivity index (χ3n) is 5.02. The van der Waals surface area contributed by atoms with Gasteiger partial charge in [-0.3, -0.25) is 0 Å². The smallest absolute Gasteiger partial charge is 0.0783 e. The third kappa shape index (κ3) is 2.66. The molecule has 4 atom stereocenters. The summed E-state index contributed by atoms with van der Waals surface area (Å²) in [4.78, 5) is 0. The van der Waals surface area contributed by atoms with Gasteiger partial charge in [0, 0.05) is 18.4 Å².